The zero-order chi connectivity index (χ0) is 14.8. The maximum Gasteiger partial charge on any atom is 0.134 e. The number of rotatable bonds is 3. The van der Waals surface area contributed by atoms with Gasteiger partial charge in [0.15, 0.2) is 0 Å². The highest BCUT2D eigenvalue weighted by molar-refractivity contribution is 7.12. The lowest BCUT2D eigenvalue weighted by Crippen LogP contribution is -1.82. The lowest BCUT2D eigenvalue weighted by Gasteiger charge is -1.94. The third-order valence-corrected chi connectivity index (χ3v) is 4.84. The third kappa shape index (κ3) is 2.82. The molecule has 0 N–H and O–H groups in total. The number of aromatic nitrogens is 1. The van der Waals surface area contributed by atoms with Crippen LogP contribution in [0.2, 0.25) is 0 Å². The first-order valence-electron chi connectivity index (χ1n) is 6.36. The molecule has 0 radical (unpaired) electrons. The Kier molecular flexibility index (Phi) is 3.74. The second kappa shape index (κ2) is 5.68. The van der Waals surface area contributed by atoms with Crippen LogP contribution in [0.5, 0.6) is 0 Å². The first kappa shape index (κ1) is 13.8. The van der Waals surface area contributed by atoms with Crippen LogP contribution in [0.15, 0.2) is 34.3 Å². The van der Waals surface area contributed by atoms with Crippen molar-refractivity contribution in [2.24, 2.45) is 0 Å². The minimum absolute atomic E-state index is 0.519. The number of furan rings is 1. The van der Waals surface area contributed by atoms with Crippen molar-refractivity contribution in [2.45, 2.75) is 13.8 Å². The minimum atomic E-state index is 0.519. The Morgan fingerprint density at radius 1 is 1.43 bits per heavy atom. The quantitative estimate of drug-likeness (QED) is 0.629. The van der Waals surface area contributed by atoms with Gasteiger partial charge < -0.3 is 4.42 Å². The number of hydrogen-bond donors (Lipinski definition) is 0. The molecule has 0 bridgehead atoms. The molecule has 0 spiro atoms. The maximum absolute atomic E-state index is 9.33. The highest BCUT2D eigenvalue weighted by atomic mass is 32.1. The molecule has 3 nitrogen and oxygen atoms in total. The Bertz CT molecular complexity index is 832. The van der Waals surface area contributed by atoms with Crippen LogP contribution in [0.3, 0.4) is 0 Å². The summed E-state index contributed by atoms with van der Waals surface area (Å²) in [5.41, 5.74) is 2.60. The largest absolute Gasteiger partial charge is 0.465 e. The van der Waals surface area contributed by atoms with E-state index in [1.54, 1.807) is 29.7 Å². The van der Waals surface area contributed by atoms with Crippen LogP contribution in [-0.2, 0) is 0 Å². The lowest BCUT2D eigenvalue weighted by molar-refractivity contribution is 0.557. The Hall–Kier alpha value is -2.16. The SMILES string of the molecule is Cc1cc(-c2csc(/C(C#N)=C/c3ccco3)n2)c(C)s1. The van der Waals surface area contributed by atoms with Crippen LogP contribution in [0.1, 0.15) is 20.5 Å². The molecule has 3 rings (SSSR count). The highest BCUT2D eigenvalue weighted by Crippen LogP contribution is 2.33. The smallest absolute Gasteiger partial charge is 0.134 e. The number of nitrogens with zero attached hydrogens (tertiary/aromatic N) is 2. The van der Waals surface area contributed by atoms with Gasteiger partial charge in [-0.3, -0.25) is 0 Å². The van der Waals surface area contributed by atoms with Gasteiger partial charge >= 0.3 is 0 Å². The van der Waals surface area contributed by atoms with Gasteiger partial charge in [0.25, 0.3) is 0 Å². The van der Waals surface area contributed by atoms with E-state index in [9.17, 15) is 5.26 Å². The van der Waals surface area contributed by atoms with E-state index in [0.717, 1.165) is 11.3 Å². The summed E-state index contributed by atoms with van der Waals surface area (Å²) in [6, 6.07) is 7.95. The molecule has 3 aromatic rings. The molecule has 0 saturated carbocycles. The summed E-state index contributed by atoms with van der Waals surface area (Å²) in [5, 5.41) is 12.0. The fraction of sp³-hybridized carbons (Fsp3) is 0.125. The fourth-order valence-corrected chi connectivity index (χ4v) is 3.78. The number of thiazole rings is 1. The van der Waals surface area contributed by atoms with Crippen molar-refractivity contribution in [1.82, 2.24) is 4.98 Å². The van der Waals surface area contributed by atoms with Crippen LogP contribution in [-0.4, -0.2) is 4.98 Å². The summed E-state index contributed by atoms with van der Waals surface area (Å²) in [4.78, 5) is 7.11. The zero-order valence-corrected chi connectivity index (χ0v) is 13.2. The standard InChI is InChI=1S/C16H12N2OS2/c1-10-6-14(11(2)21-10)15-9-20-16(18-15)12(8-17)7-13-4-3-5-19-13/h3-7,9H,1-2H3/b12-7+. The molecule has 0 fully saturated rings. The van der Waals surface area contributed by atoms with Gasteiger partial charge in [-0.15, -0.1) is 22.7 Å². The molecule has 0 amide bonds. The average molecular weight is 312 g/mol. The van der Waals surface area contributed by atoms with Crippen molar-refractivity contribution in [3.05, 3.63) is 50.4 Å². The van der Waals surface area contributed by atoms with Gasteiger partial charge in [0, 0.05) is 26.8 Å². The summed E-state index contributed by atoms with van der Waals surface area (Å²) in [6.07, 6.45) is 3.31. The van der Waals surface area contributed by atoms with E-state index in [-0.39, 0.29) is 0 Å². The summed E-state index contributed by atoms with van der Waals surface area (Å²) >= 11 is 3.24. The zero-order valence-electron chi connectivity index (χ0n) is 11.6. The van der Waals surface area contributed by atoms with Crippen LogP contribution < -0.4 is 0 Å². The molecule has 104 valence electrons. The Morgan fingerprint density at radius 3 is 2.90 bits per heavy atom. The van der Waals surface area contributed by atoms with E-state index in [1.165, 1.54) is 21.1 Å². The molecule has 0 aromatic carbocycles. The van der Waals surface area contributed by atoms with Gasteiger partial charge in [-0.05, 0) is 32.0 Å². The van der Waals surface area contributed by atoms with E-state index in [2.05, 4.69) is 31.0 Å². The summed E-state index contributed by atoms with van der Waals surface area (Å²) in [7, 11) is 0. The Morgan fingerprint density at radius 2 is 2.29 bits per heavy atom. The van der Waals surface area contributed by atoms with E-state index < -0.39 is 0 Å². The van der Waals surface area contributed by atoms with Crippen molar-refractivity contribution in [3.8, 4) is 17.3 Å². The molecule has 0 aliphatic rings. The molecular weight excluding hydrogens is 300 g/mol. The topological polar surface area (TPSA) is 49.8 Å². The molecule has 21 heavy (non-hydrogen) atoms. The van der Waals surface area contributed by atoms with Crippen LogP contribution in [0.25, 0.3) is 22.9 Å². The molecule has 3 aromatic heterocycles. The van der Waals surface area contributed by atoms with Gasteiger partial charge in [0.2, 0.25) is 0 Å². The fourth-order valence-electron chi connectivity index (χ4n) is 2.06. The second-order valence-electron chi connectivity index (χ2n) is 4.55. The van der Waals surface area contributed by atoms with Gasteiger partial charge in [-0.2, -0.15) is 5.26 Å². The van der Waals surface area contributed by atoms with E-state index in [1.807, 2.05) is 11.4 Å². The second-order valence-corrected chi connectivity index (χ2v) is 6.87. The maximum atomic E-state index is 9.33. The van der Waals surface area contributed by atoms with Crippen LogP contribution in [0, 0.1) is 25.2 Å². The first-order valence-corrected chi connectivity index (χ1v) is 8.05. The van der Waals surface area contributed by atoms with Gasteiger partial charge in [-0.25, -0.2) is 4.98 Å². The molecule has 0 aliphatic carbocycles. The van der Waals surface area contributed by atoms with Gasteiger partial charge in [0.1, 0.15) is 16.8 Å². The summed E-state index contributed by atoms with van der Waals surface area (Å²) in [5.74, 6) is 0.658. The normalized spacial score (nSPS) is 11.6. The molecule has 0 unspecified atom stereocenters. The summed E-state index contributed by atoms with van der Waals surface area (Å²) in [6.45, 7) is 4.18. The number of aryl methyl sites for hydroxylation is 2. The molecule has 0 atom stereocenters. The van der Waals surface area contributed by atoms with Crippen molar-refractivity contribution < 1.29 is 4.42 Å². The molecular formula is C16H12N2OS2. The monoisotopic (exact) mass is 312 g/mol. The predicted molar refractivity (Wildman–Crippen MR) is 87.1 cm³/mol. The third-order valence-electron chi connectivity index (χ3n) is 3.00. The van der Waals surface area contributed by atoms with Crippen molar-refractivity contribution in [3.63, 3.8) is 0 Å². The number of hydrogen-bond acceptors (Lipinski definition) is 5. The number of thiophene rings is 1. The Balaban J connectivity index is 1.98. The van der Waals surface area contributed by atoms with Gasteiger partial charge in [-0.1, -0.05) is 0 Å². The average Bonchev–Trinajstić information content (AvgIpc) is 3.17. The van der Waals surface area contributed by atoms with E-state index in [0.29, 0.717) is 16.3 Å². The molecule has 5 heteroatoms. The van der Waals surface area contributed by atoms with Crippen molar-refractivity contribution in [1.29, 1.82) is 5.26 Å². The minimum Gasteiger partial charge on any atom is -0.465 e. The lowest BCUT2D eigenvalue weighted by atomic mass is 10.2. The summed E-state index contributed by atoms with van der Waals surface area (Å²) < 4.78 is 5.25. The predicted octanol–water partition coefficient (Wildman–Crippen LogP) is 5.15. The van der Waals surface area contributed by atoms with Gasteiger partial charge in [0.05, 0.1) is 17.5 Å². The number of nitriles is 1. The number of allylic oxidation sites excluding steroid dienone is 1. The van der Waals surface area contributed by atoms with Crippen molar-refractivity contribution >= 4 is 34.3 Å². The molecule has 0 saturated heterocycles. The highest BCUT2D eigenvalue weighted by Gasteiger charge is 2.12. The van der Waals surface area contributed by atoms with Crippen molar-refractivity contribution in [2.75, 3.05) is 0 Å². The molecule has 0 aliphatic heterocycles. The molecule has 3 heterocycles. The van der Waals surface area contributed by atoms with E-state index >= 15 is 0 Å². The van der Waals surface area contributed by atoms with E-state index in [4.69, 9.17) is 4.42 Å². The first-order chi connectivity index (χ1) is 10.2. The van der Waals surface area contributed by atoms with Crippen LogP contribution >= 0.6 is 22.7 Å². The Labute approximate surface area is 130 Å². The van der Waals surface area contributed by atoms with Crippen LogP contribution in [0.4, 0.5) is 0 Å².